The molecular weight excluding hydrogens is 605 g/mol. The summed E-state index contributed by atoms with van der Waals surface area (Å²) in [5, 5.41) is 4.95. The molecule has 2 aromatic carbocycles. The highest BCUT2D eigenvalue weighted by Gasteiger charge is 2.34. The molecule has 11 heteroatoms. The number of hydrogen-bond acceptors (Lipinski definition) is 9. The Morgan fingerprint density at radius 3 is 2.58 bits per heavy atom. The van der Waals surface area contributed by atoms with Gasteiger partial charge in [-0.15, -0.1) is 11.3 Å². The van der Waals surface area contributed by atoms with Crippen LogP contribution in [0.4, 0.5) is 5.00 Å². The highest BCUT2D eigenvalue weighted by molar-refractivity contribution is 8.26. The lowest BCUT2D eigenvalue weighted by molar-refractivity contribution is -0.126. The number of benzene rings is 2. The molecule has 43 heavy (non-hydrogen) atoms. The number of nitrogens with one attached hydrogen (secondary N) is 1. The molecule has 2 fully saturated rings. The molecule has 1 aliphatic heterocycles. The van der Waals surface area contributed by atoms with E-state index < -0.39 is 11.9 Å². The number of thiocarbonyl (C=S) groups is 1. The minimum absolute atomic E-state index is 0.184. The van der Waals surface area contributed by atoms with Gasteiger partial charge in [-0.1, -0.05) is 66.8 Å². The summed E-state index contributed by atoms with van der Waals surface area (Å²) >= 11 is 7.81. The fourth-order valence-corrected chi connectivity index (χ4v) is 7.25. The molecule has 0 unspecified atom stereocenters. The van der Waals surface area contributed by atoms with Gasteiger partial charge < -0.3 is 19.5 Å². The Kier molecular flexibility index (Phi) is 10.2. The molecule has 1 saturated heterocycles. The first kappa shape index (κ1) is 30.8. The first-order valence-corrected chi connectivity index (χ1v) is 16.2. The molecule has 0 spiro atoms. The highest BCUT2D eigenvalue weighted by atomic mass is 32.2. The molecule has 8 nitrogen and oxygen atoms in total. The number of carbonyl (C=O) groups is 3. The maximum absolute atomic E-state index is 13.3. The SMILES string of the molecule is CCOC(=O)c1c(-c2ccccc2)csc1NC(=O)CN1C(=O)/C(=C/c2ccc(OC3CCCCC3)c(OC)c2)SC1=S. The van der Waals surface area contributed by atoms with Crippen LogP contribution in [0.1, 0.15) is 54.9 Å². The summed E-state index contributed by atoms with van der Waals surface area (Å²) in [5.41, 5.74) is 2.53. The lowest BCUT2D eigenvalue weighted by atomic mass is 9.98. The molecule has 0 bridgehead atoms. The van der Waals surface area contributed by atoms with Gasteiger partial charge in [-0.2, -0.15) is 0 Å². The Labute approximate surface area is 264 Å². The zero-order valence-electron chi connectivity index (χ0n) is 23.9. The first-order valence-electron chi connectivity index (χ1n) is 14.1. The lowest BCUT2D eigenvalue weighted by Gasteiger charge is -2.24. The molecule has 2 heterocycles. The van der Waals surface area contributed by atoms with Gasteiger partial charge in [0.05, 0.1) is 24.7 Å². The quantitative estimate of drug-likeness (QED) is 0.142. The van der Waals surface area contributed by atoms with Gasteiger partial charge in [0, 0.05) is 10.9 Å². The number of thiophene rings is 1. The van der Waals surface area contributed by atoms with Gasteiger partial charge in [-0.25, -0.2) is 4.79 Å². The fourth-order valence-electron chi connectivity index (χ4n) is 5.02. The van der Waals surface area contributed by atoms with Gasteiger partial charge in [-0.05, 0) is 61.9 Å². The topological polar surface area (TPSA) is 94.2 Å². The van der Waals surface area contributed by atoms with E-state index in [9.17, 15) is 14.4 Å². The van der Waals surface area contributed by atoms with E-state index in [1.165, 1.54) is 35.5 Å². The molecule has 0 radical (unpaired) electrons. The summed E-state index contributed by atoms with van der Waals surface area (Å²) in [5.74, 6) is -0.0970. The average molecular weight is 637 g/mol. The third-order valence-electron chi connectivity index (χ3n) is 7.11. The molecule has 1 saturated carbocycles. The van der Waals surface area contributed by atoms with Gasteiger partial charge >= 0.3 is 5.97 Å². The van der Waals surface area contributed by atoms with Gasteiger partial charge in [0.15, 0.2) is 11.5 Å². The lowest BCUT2D eigenvalue weighted by Crippen LogP contribution is -2.36. The molecule has 1 aliphatic carbocycles. The third kappa shape index (κ3) is 7.29. The van der Waals surface area contributed by atoms with Crippen molar-refractivity contribution in [2.45, 2.75) is 45.1 Å². The third-order valence-corrected chi connectivity index (χ3v) is 9.39. The minimum Gasteiger partial charge on any atom is -0.493 e. The molecule has 2 aliphatic rings. The van der Waals surface area contributed by atoms with Crippen molar-refractivity contribution in [3.8, 4) is 22.6 Å². The Morgan fingerprint density at radius 2 is 1.86 bits per heavy atom. The van der Waals surface area contributed by atoms with E-state index >= 15 is 0 Å². The maximum atomic E-state index is 13.3. The van der Waals surface area contributed by atoms with Crippen molar-refractivity contribution in [3.63, 3.8) is 0 Å². The van der Waals surface area contributed by atoms with E-state index in [-0.39, 0.29) is 35.0 Å². The zero-order chi connectivity index (χ0) is 30.3. The van der Waals surface area contributed by atoms with Crippen LogP contribution in [0.5, 0.6) is 11.5 Å². The second-order valence-electron chi connectivity index (χ2n) is 10.0. The van der Waals surface area contributed by atoms with E-state index in [0.717, 1.165) is 35.7 Å². The van der Waals surface area contributed by atoms with Gasteiger partial charge in [0.2, 0.25) is 5.91 Å². The van der Waals surface area contributed by atoms with Crippen LogP contribution in [0.15, 0.2) is 58.8 Å². The number of esters is 1. The molecule has 224 valence electrons. The van der Waals surface area contributed by atoms with Gasteiger partial charge in [-0.3, -0.25) is 14.5 Å². The monoisotopic (exact) mass is 636 g/mol. The van der Waals surface area contributed by atoms with Crippen molar-refractivity contribution >= 4 is 68.5 Å². The molecule has 3 aromatic rings. The van der Waals surface area contributed by atoms with Crippen molar-refractivity contribution in [1.29, 1.82) is 0 Å². The number of hydrogen-bond donors (Lipinski definition) is 1. The van der Waals surface area contributed by atoms with Crippen molar-refractivity contribution in [2.75, 3.05) is 25.6 Å². The summed E-state index contributed by atoms with van der Waals surface area (Å²) in [7, 11) is 1.59. The van der Waals surface area contributed by atoms with E-state index in [1.54, 1.807) is 25.5 Å². The first-order chi connectivity index (χ1) is 20.9. The number of amides is 2. The molecule has 1 aromatic heterocycles. The summed E-state index contributed by atoms with van der Waals surface area (Å²) in [6.45, 7) is 1.63. The van der Waals surface area contributed by atoms with Crippen LogP contribution in [0.3, 0.4) is 0 Å². The smallest absolute Gasteiger partial charge is 0.341 e. The summed E-state index contributed by atoms with van der Waals surface area (Å²) in [6, 6.07) is 15.0. The van der Waals surface area contributed by atoms with Crippen molar-refractivity contribution in [2.24, 2.45) is 0 Å². The van der Waals surface area contributed by atoms with Crippen LogP contribution in [0, 0.1) is 0 Å². The summed E-state index contributed by atoms with van der Waals surface area (Å²) < 4.78 is 17.3. The Morgan fingerprint density at radius 1 is 1.09 bits per heavy atom. The number of methoxy groups -OCH3 is 1. The summed E-state index contributed by atoms with van der Waals surface area (Å²) in [4.78, 5) is 40.9. The van der Waals surface area contributed by atoms with Crippen LogP contribution in [0.25, 0.3) is 17.2 Å². The molecular formula is C32H32N2O6S3. The van der Waals surface area contributed by atoms with Crippen molar-refractivity contribution in [1.82, 2.24) is 4.90 Å². The maximum Gasteiger partial charge on any atom is 0.341 e. The van der Waals surface area contributed by atoms with Crippen LogP contribution >= 0.6 is 35.3 Å². The van der Waals surface area contributed by atoms with E-state index in [2.05, 4.69) is 5.32 Å². The number of anilines is 1. The fraction of sp³-hybridized carbons (Fsp3) is 0.312. The van der Waals surface area contributed by atoms with Gasteiger partial charge in [0.1, 0.15) is 21.4 Å². The minimum atomic E-state index is -0.531. The normalized spacial score (nSPS) is 16.4. The zero-order valence-corrected chi connectivity index (χ0v) is 26.4. The second-order valence-corrected chi connectivity index (χ2v) is 12.6. The number of ether oxygens (including phenoxy) is 3. The largest absolute Gasteiger partial charge is 0.493 e. The van der Waals surface area contributed by atoms with Crippen LogP contribution in [-0.4, -0.2) is 53.4 Å². The Hall–Kier alpha value is -3.67. The van der Waals surface area contributed by atoms with Crippen molar-refractivity contribution in [3.05, 3.63) is 69.9 Å². The molecule has 0 atom stereocenters. The van der Waals surface area contributed by atoms with Gasteiger partial charge in [0.25, 0.3) is 5.91 Å². The number of rotatable bonds is 10. The van der Waals surface area contributed by atoms with Crippen molar-refractivity contribution < 1.29 is 28.6 Å². The molecule has 5 rings (SSSR count). The van der Waals surface area contributed by atoms with E-state index in [0.29, 0.717) is 27.0 Å². The van der Waals surface area contributed by atoms with Crippen LogP contribution in [-0.2, 0) is 14.3 Å². The Balaban J connectivity index is 1.28. The molecule has 2 amide bonds. The predicted octanol–water partition coefficient (Wildman–Crippen LogP) is 7.15. The van der Waals surface area contributed by atoms with Crippen LogP contribution in [0.2, 0.25) is 0 Å². The second kappa shape index (κ2) is 14.2. The highest BCUT2D eigenvalue weighted by Crippen LogP contribution is 2.38. The number of carbonyl (C=O) groups excluding carboxylic acids is 3. The number of thioether (sulfide) groups is 1. The van der Waals surface area contributed by atoms with Crippen LogP contribution < -0.4 is 14.8 Å². The average Bonchev–Trinajstić information content (AvgIpc) is 3.55. The predicted molar refractivity (Wildman–Crippen MR) is 175 cm³/mol. The summed E-state index contributed by atoms with van der Waals surface area (Å²) in [6.07, 6.45) is 7.56. The van der Waals surface area contributed by atoms with E-state index in [4.69, 9.17) is 26.4 Å². The standard InChI is InChI=1S/C32H32N2O6S3/c1-3-39-31(37)28-23(21-10-6-4-7-11-21)19-42-29(28)33-27(35)18-34-30(36)26(43-32(34)41)17-20-14-15-24(25(16-20)38-2)40-22-12-8-5-9-13-22/h4,6-7,10-11,14-17,19,22H,3,5,8-9,12-13,18H2,1-2H3,(H,33,35)/b26-17-. The number of nitrogens with zero attached hydrogens (tertiary/aromatic N) is 1. The Bertz CT molecular complexity index is 1550. The van der Waals surface area contributed by atoms with E-state index in [1.807, 2.05) is 48.5 Å². The molecule has 1 N–H and O–H groups in total.